The SMILES string of the molecule is O=C(O)c1cc(O)cc(O)c1.O=C(O)c1cc(O)cc(O)c1.c1cc(-c2ccncc2)ccn1.c1cc(-c2ccncc2)ccn1.c1cc(-c2ccncc2)ccn1. The molecule has 0 aliphatic carbocycles. The molecule has 0 spiro atoms. The first kappa shape index (κ1) is 42.2. The Kier molecular flexibility index (Phi) is 16.5. The summed E-state index contributed by atoms with van der Waals surface area (Å²) in [6.07, 6.45) is 21.4. The van der Waals surface area contributed by atoms with E-state index in [1.807, 2.05) is 72.8 Å². The Morgan fingerprint density at radius 1 is 0.293 bits per heavy atom. The quantitative estimate of drug-likeness (QED) is 0.0972. The second-order valence-corrected chi connectivity index (χ2v) is 11.5. The van der Waals surface area contributed by atoms with E-state index in [9.17, 15) is 9.59 Å². The largest absolute Gasteiger partial charge is 0.508 e. The van der Waals surface area contributed by atoms with Crippen LogP contribution < -0.4 is 0 Å². The van der Waals surface area contributed by atoms with Crippen LogP contribution in [0.3, 0.4) is 0 Å². The molecule has 0 saturated carbocycles. The second kappa shape index (κ2) is 22.6. The number of phenolic OH excluding ortho intramolecular Hbond substituents is 4. The van der Waals surface area contributed by atoms with Gasteiger partial charge in [-0.2, -0.15) is 0 Å². The van der Waals surface area contributed by atoms with Crippen molar-refractivity contribution in [1.82, 2.24) is 29.9 Å². The predicted molar refractivity (Wildman–Crippen MR) is 216 cm³/mol. The van der Waals surface area contributed by atoms with E-state index in [0.717, 1.165) is 36.4 Å². The summed E-state index contributed by atoms with van der Waals surface area (Å²) in [5, 5.41) is 52.1. The zero-order valence-electron chi connectivity index (χ0n) is 30.5. The topological polar surface area (TPSA) is 233 Å². The van der Waals surface area contributed by atoms with Crippen molar-refractivity contribution in [3.05, 3.63) is 195 Å². The van der Waals surface area contributed by atoms with Crippen molar-refractivity contribution < 1.29 is 40.2 Å². The Labute approximate surface area is 332 Å². The summed E-state index contributed by atoms with van der Waals surface area (Å²) in [6, 6.07) is 30.1. The number of benzene rings is 2. The Balaban J connectivity index is 0.000000161. The molecule has 0 aliphatic heterocycles. The number of carboxylic acids is 2. The zero-order valence-corrected chi connectivity index (χ0v) is 30.5. The molecule has 0 bridgehead atoms. The number of pyridine rings is 6. The lowest BCUT2D eigenvalue weighted by molar-refractivity contribution is 0.0685. The van der Waals surface area contributed by atoms with E-state index in [1.165, 1.54) is 33.4 Å². The number of hydrogen-bond acceptors (Lipinski definition) is 12. The van der Waals surface area contributed by atoms with Gasteiger partial charge in [0.1, 0.15) is 23.0 Å². The minimum Gasteiger partial charge on any atom is -0.508 e. The average Bonchev–Trinajstić information content (AvgIpc) is 3.26. The van der Waals surface area contributed by atoms with Gasteiger partial charge >= 0.3 is 11.9 Å². The number of rotatable bonds is 5. The van der Waals surface area contributed by atoms with Crippen molar-refractivity contribution in [1.29, 1.82) is 0 Å². The van der Waals surface area contributed by atoms with Crippen LogP contribution >= 0.6 is 0 Å². The van der Waals surface area contributed by atoms with E-state index < -0.39 is 11.9 Å². The third-order valence-corrected chi connectivity index (χ3v) is 7.38. The maximum absolute atomic E-state index is 10.3. The van der Waals surface area contributed by atoms with Gasteiger partial charge in [-0.25, -0.2) is 9.59 Å². The molecule has 0 amide bonds. The van der Waals surface area contributed by atoms with Crippen LogP contribution in [0.25, 0.3) is 33.4 Å². The lowest BCUT2D eigenvalue weighted by Gasteiger charge is -1.97. The second-order valence-electron chi connectivity index (χ2n) is 11.5. The first-order chi connectivity index (χ1) is 28.1. The van der Waals surface area contributed by atoms with Crippen LogP contribution in [0, 0.1) is 0 Å². The van der Waals surface area contributed by atoms with Crippen molar-refractivity contribution in [2.75, 3.05) is 0 Å². The molecule has 0 aliphatic rings. The summed E-state index contributed by atoms with van der Waals surface area (Å²) in [7, 11) is 0. The van der Waals surface area contributed by atoms with E-state index >= 15 is 0 Å². The van der Waals surface area contributed by atoms with Gasteiger partial charge in [0.2, 0.25) is 0 Å². The fraction of sp³-hybridized carbons (Fsp3) is 0. The van der Waals surface area contributed by atoms with Crippen molar-refractivity contribution >= 4 is 11.9 Å². The zero-order chi connectivity index (χ0) is 41.5. The van der Waals surface area contributed by atoms with Crippen LogP contribution in [0.4, 0.5) is 0 Å². The van der Waals surface area contributed by atoms with Crippen LogP contribution in [-0.2, 0) is 0 Å². The van der Waals surface area contributed by atoms with Gasteiger partial charge < -0.3 is 30.6 Å². The predicted octanol–water partition coefficient (Wildman–Crippen LogP) is 8.02. The minimum atomic E-state index is -1.18. The summed E-state index contributed by atoms with van der Waals surface area (Å²) in [6.45, 7) is 0. The molecule has 0 saturated heterocycles. The van der Waals surface area contributed by atoms with Crippen molar-refractivity contribution in [2.45, 2.75) is 0 Å². The summed E-state index contributed by atoms with van der Waals surface area (Å²) in [5.74, 6) is -3.41. The Hall–Kier alpha value is -8.52. The van der Waals surface area contributed by atoms with Gasteiger partial charge in [-0.3, -0.25) is 29.9 Å². The Morgan fingerprint density at radius 2 is 0.448 bits per heavy atom. The summed E-state index contributed by atoms with van der Waals surface area (Å²) < 4.78 is 0. The third-order valence-electron chi connectivity index (χ3n) is 7.38. The number of phenols is 4. The van der Waals surface area contributed by atoms with Crippen molar-refractivity contribution in [2.24, 2.45) is 0 Å². The van der Waals surface area contributed by atoms with Crippen LogP contribution in [0.15, 0.2) is 184 Å². The van der Waals surface area contributed by atoms with Crippen molar-refractivity contribution in [3.8, 4) is 56.4 Å². The maximum atomic E-state index is 10.3. The van der Waals surface area contributed by atoms with Gasteiger partial charge in [0.25, 0.3) is 0 Å². The van der Waals surface area contributed by atoms with Gasteiger partial charge in [-0.1, -0.05) is 0 Å². The van der Waals surface area contributed by atoms with E-state index in [1.54, 1.807) is 74.4 Å². The average molecular weight is 777 g/mol. The molecule has 14 nitrogen and oxygen atoms in total. The Bertz CT molecular complexity index is 2040. The highest BCUT2D eigenvalue weighted by molar-refractivity contribution is 5.89. The number of hydrogen-bond donors (Lipinski definition) is 6. The normalized spacial score (nSPS) is 9.59. The molecule has 290 valence electrons. The molecular formula is C44H36N6O8. The molecule has 14 heteroatoms. The lowest BCUT2D eigenvalue weighted by Crippen LogP contribution is -1.94. The minimum absolute atomic E-state index is 0.137. The van der Waals surface area contributed by atoms with Gasteiger partial charge in [0, 0.05) is 86.5 Å². The molecular weight excluding hydrogens is 741 g/mol. The molecule has 58 heavy (non-hydrogen) atoms. The number of carbonyl (C=O) groups is 2. The highest BCUT2D eigenvalue weighted by Crippen LogP contribution is 2.21. The highest BCUT2D eigenvalue weighted by atomic mass is 16.4. The first-order valence-electron chi connectivity index (χ1n) is 17.0. The van der Waals surface area contributed by atoms with E-state index in [2.05, 4.69) is 29.9 Å². The van der Waals surface area contributed by atoms with Crippen molar-refractivity contribution in [3.63, 3.8) is 0 Å². The number of aromatic carboxylic acids is 2. The van der Waals surface area contributed by atoms with Gasteiger partial charge in [-0.05, 0) is 130 Å². The molecule has 0 unspecified atom stereocenters. The van der Waals surface area contributed by atoms with Crippen LogP contribution in [0.2, 0.25) is 0 Å². The van der Waals surface area contributed by atoms with Gasteiger partial charge in [0.05, 0.1) is 11.1 Å². The fourth-order valence-corrected chi connectivity index (χ4v) is 4.70. The highest BCUT2D eigenvalue weighted by Gasteiger charge is 2.06. The fourth-order valence-electron chi connectivity index (χ4n) is 4.70. The van der Waals surface area contributed by atoms with Gasteiger partial charge in [0.15, 0.2) is 0 Å². The molecule has 0 radical (unpaired) electrons. The summed E-state index contributed by atoms with van der Waals surface area (Å²) >= 11 is 0. The number of nitrogens with zero attached hydrogens (tertiary/aromatic N) is 6. The Morgan fingerprint density at radius 3 is 0.586 bits per heavy atom. The van der Waals surface area contributed by atoms with E-state index in [0.29, 0.717) is 0 Å². The summed E-state index contributed by atoms with van der Waals surface area (Å²) in [5.41, 5.74) is 6.77. The van der Waals surface area contributed by atoms with Crippen LogP contribution in [-0.4, -0.2) is 72.5 Å². The van der Waals surface area contributed by atoms with Crippen LogP contribution in [0.1, 0.15) is 20.7 Å². The van der Waals surface area contributed by atoms with E-state index in [-0.39, 0.29) is 34.1 Å². The maximum Gasteiger partial charge on any atom is 0.335 e. The smallest absolute Gasteiger partial charge is 0.335 e. The first-order valence-corrected chi connectivity index (χ1v) is 17.0. The standard InChI is InChI=1S/3C10H8N2.2C7H6O4/c3*1-5-11-6-2-9(1)10-3-7-12-8-4-10;2*8-5-1-4(7(10)11)2-6(9)3-5/h3*1-8H;2*1-3,8-9H,(H,10,11). The number of carboxylic acid groups (broad SMARTS) is 2. The molecule has 6 heterocycles. The van der Waals surface area contributed by atoms with Gasteiger partial charge in [-0.15, -0.1) is 0 Å². The van der Waals surface area contributed by atoms with E-state index in [4.69, 9.17) is 30.6 Å². The molecule has 8 rings (SSSR count). The molecule has 0 fully saturated rings. The monoisotopic (exact) mass is 776 g/mol. The number of aromatic nitrogens is 6. The molecule has 2 aromatic carbocycles. The number of aromatic hydroxyl groups is 4. The van der Waals surface area contributed by atoms with Crippen LogP contribution in [0.5, 0.6) is 23.0 Å². The molecule has 6 N–H and O–H groups in total. The molecule has 8 aromatic rings. The summed E-state index contributed by atoms with van der Waals surface area (Å²) in [4.78, 5) is 44.3. The third kappa shape index (κ3) is 14.7. The molecule has 6 aromatic heterocycles. The molecule has 0 atom stereocenters. The lowest BCUT2D eigenvalue weighted by atomic mass is 10.1.